The quantitative estimate of drug-likeness (QED) is 0.892. The van der Waals surface area contributed by atoms with Gasteiger partial charge in [-0.15, -0.1) is 0 Å². The lowest BCUT2D eigenvalue weighted by molar-refractivity contribution is -0.118. The monoisotopic (exact) mass is 270 g/mol. The second kappa shape index (κ2) is 5.24. The lowest BCUT2D eigenvalue weighted by Gasteiger charge is -2.15. The largest absolute Gasteiger partial charge is 0.493 e. The van der Waals surface area contributed by atoms with Gasteiger partial charge in [-0.05, 0) is 18.6 Å². The molecule has 1 amide bonds. The highest BCUT2D eigenvalue weighted by Crippen LogP contribution is 2.22. The summed E-state index contributed by atoms with van der Waals surface area (Å²) in [4.78, 5) is 24.4. The Bertz CT molecular complexity index is 634. The smallest absolute Gasteiger partial charge is 0.278 e. The van der Waals surface area contributed by atoms with Crippen LogP contribution in [0.1, 0.15) is 18.9 Å². The first-order valence-electron chi connectivity index (χ1n) is 6.51. The molecular weight excluding hydrogens is 256 g/mol. The lowest BCUT2D eigenvalue weighted by Crippen LogP contribution is -2.39. The number of ether oxygens (including phenoxy) is 1. The van der Waals surface area contributed by atoms with Crippen LogP contribution in [0, 0.1) is 0 Å². The molecule has 0 fully saturated rings. The van der Waals surface area contributed by atoms with Gasteiger partial charge in [0.15, 0.2) is 17.7 Å². The summed E-state index contributed by atoms with van der Waals surface area (Å²) in [6, 6.07) is 6.89. The lowest BCUT2D eigenvalue weighted by atomic mass is 10.1. The van der Waals surface area contributed by atoms with Crippen molar-refractivity contribution in [3.63, 3.8) is 0 Å². The van der Waals surface area contributed by atoms with Gasteiger partial charge in [0.05, 0.1) is 18.5 Å². The zero-order valence-corrected chi connectivity index (χ0v) is 11.0. The number of aliphatic imine (C=N–C) groups is 3. The second-order valence-corrected chi connectivity index (χ2v) is 4.45. The van der Waals surface area contributed by atoms with Crippen LogP contribution in [-0.4, -0.2) is 36.6 Å². The van der Waals surface area contributed by atoms with E-state index in [1.165, 1.54) is 6.34 Å². The Morgan fingerprint density at radius 2 is 2.15 bits per heavy atom. The Kier molecular flexibility index (Phi) is 3.28. The van der Waals surface area contributed by atoms with Crippen LogP contribution in [0.15, 0.2) is 39.2 Å². The summed E-state index contributed by atoms with van der Waals surface area (Å²) in [5.74, 6) is 1.20. The molecule has 2 aliphatic rings. The Hall–Kier alpha value is -2.50. The van der Waals surface area contributed by atoms with Gasteiger partial charge >= 0.3 is 0 Å². The average Bonchev–Trinajstić information content (AvgIpc) is 2.94. The van der Waals surface area contributed by atoms with Crippen LogP contribution < -0.4 is 10.1 Å². The SMILES string of the molecule is CCCOc1ccccc1C1=NC(=O)C2NC=NC2=N1. The van der Waals surface area contributed by atoms with E-state index in [1.807, 2.05) is 31.2 Å². The van der Waals surface area contributed by atoms with E-state index in [-0.39, 0.29) is 5.91 Å². The number of carbonyl (C=O) groups is 1. The molecule has 0 spiro atoms. The van der Waals surface area contributed by atoms with E-state index in [1.54, 1.807) is 0 Å². The summed E-state index contributed by atoms with van der Waals surface area (Å²) in [5.41, 5.74) is 0.711. The van der Waals surface area contributed by atoms with Crippen molar-refractivity contribution < 1.29 is 9.53 Å². The van der Waals surface area contributed by atoms with Gasteiger partial charge in [0, 0.05) is 0 Å². The van der Waals surface area contributed by atoms with Gasteiger partial charge in [0.25, 0.3) is 5.91 Å². The number of benzene rings is 1. The molecular formula is C14H14N4O2. The average molecular weight is 270 g/mol. The van der Waals surface area contributed by atoms with E-state index in [9.17, 15) is 4.79 Å². The first-order valence-corrected chi connectivity index (χ1v) is 6.51. The fourth-order valence-corrected chi connectivity index (χ4v) is 2.01. The van der Waals surface area contributed by atoms with Gasteiger partial charge in [0.1, 0.15) is 5.75 Å². The molecule has 2 aliphatic heterocycles. The molecule has 2 heterocycles. The Morgan fingerprint density at radius 3 is 3.00 bits per heavy atom. The second-order valence-electron chi connectivity index (χ2n) is 4.45. The van der Waals surface area contributed by atoms with Gasteiger partial charge in [-0.3, -0.25) is 4.79 Å². The standard InChI is InChI=1S/C14H14N4O2/c1-2-7-20-10-6-4-3-5-9(10)12-17-13-11(14(19)18-12)15-8-16-13/h3-6,8,11H,2,7H2,1H3,(H,15,16,17,18,19). The molecule has 0 aliphatic carbocycles. The van der Waals surface area contributed by atoms with Gasteiger partial charge in [-0.25, -0.2) is 9.98 Å². The number of rotatable bonds is 4. The number of fused-ring (bicyclic) bond motifs is 1. The Morgan fingerprint density at radius 1 is 1.30 bits per heavy atom. The first kappa shape index (κ1) is 12.5. The Labute approximate surface area is 116 Å². The van der Waals surface area contributed by atoms with E-state index in [4.69, 9.17) is 4.74 Å². The number of para-hydroxylation sites is 1. The summed E-state index contributed by atoms with van der Waals surface area (Å²) in [6.07, 6.45) is 2.38. The van der Waals surface area contributed by atoms with Gasteiger partial charge in [-0.1, -0.05) is 19.1 Å². The minimum atomic E-state index is -0.539. The molecule has 3 rings (SSSR count). The normalized spacial score (nSPS) is 20.1. The third kappa shape index (κ3) is 2.20. The van der Waals surface area contributed by atoms with E-state index >= 15 is 0 Å². The molecule has 0 saturated heterocycles. The number of nitrogens with zero attached hydrogens (tertiary/aromatic N) is 3. The van der Waals surface area contributed by atoms with Crippen molar-refractivity contribution in [1.29, 1.82) is 0 Å². The Balaban J connectivity index is 1.97. The highest BCUT2D eigenvalue weighted by atomic mass is 16.5. The predicted octanol–water partition coefficient (Wildman–Crippen LogP) is 1.16. The summed E-state index contributed by atoms with van der Waals surface area (Å²) >= 11 is 0. The molecule has 6 heteroatoms. The maximum Gasteiger partial charge on any atom is 0.278 e. The zero-order valence-electron chi connectivity index (χ0n) is 11.0. The van der Waals surface area contributed by atoms with Crippen LogP contribution in [0.25, 0.3) is 0 Å². The molecule has 6 nitrogen and oxygen atoms in total. The predicted molar refractivity (Wildman–Crippen MR) is 76.6 cm³/mol. The molecule has 0 bridgehead atoms. The fourth-order valence-electron chi connectivity index (χ4n) is 2.01. The number of hydrogen-bond donors (Lipinski definition) is 1. The van der Waals surface area contributed by atoms with Crippen LogP contribution in [0.4, 0.5) is 0 Å². The van der Waals surface area contributed by atoms with Crippen LogP contribution in [0.2, 0.25) is 0 Å². The van der Waals surface area contributed by atoms with Crippen molar-refractivity contribution in [2.75, 3.05) is 6.61 Å². The topological polar surface area (TPSA) is 75.4 Å². The van der Waals surface area contributed by atoms with Crippen molar-refractivity contribution >= 4 is 23.9 Å². The van der Waals surface area contributed by atoms with Crippen LogP contribution >= 0.6 is 0 Å². The van der Waals surface area contributed by atoms with Crippen LogP contribution in [0.3, 0.4) is 0 Å². The van der Waals surface area contributed by atoms with Gasteiger partial charge in [0.2, 0.25) is 0 Å². The molecule has 1 aromatic carbocycles. The number of hydrogen-bond acceptors (Lipinski definition) is 5. The van der Waals surface area contributed by atoms with Crippen molar-refractivity contribution in [3.8, 4) is 5.75 Å². The third-order valence-electron chi connectivity index (χ3n) is 2.97. The molecule has 20 heavy (non-hydrogen) atoms. The van der Waals surface area contributed by atoms with Crippen molar-refractivity contribution in [2.45, 2.75) is 19.4 Å². The van der Waals surface area contributed by atoms with Crippen molar-refractivity contribution in [1.82, 2.24) is 5.32 Å². The summed E-state index contributed by atoms with van der Waals surface area (Å²) in [5, 5.41) is 2.82. The summed E-state index contributed by atoms with van der Waals surface area (Å²) in [7, 11) is 0. The number of carbonyl (C=O) groups excluding carboxylic acids is 1. The third-order valence-corrected chi connectivity index (χ3v) is 2.97. The summed E-state index contributed by atoms with van der Waals surface area (Å²) < 4.78 is 5.67. The maximum absolute atomic E-state index is 11.9. The number of nitrogens with one attached hydrogen (secondary N) is 1. The molecule has 1 aromatic rings. The highest BCUT2D eigenvalue weighted by Gasteiger charge is 2.31. The zero-order chi connectivity index (χ0) is 13.9. The molecule has 102 valence electrons. The number of amidine groups is 2. The van der Waals surface area contributed by atoms with Gasteiger partial charge in [-0.2, -0.15) is 4.99 Å². The minimum absolute atomic E-state index is 0.284. The molecule has 0 saturated carbocycles. The minimum Gasteiger partial charge on any atom is -0.493 e. The highest BCUT2D eigenvalue weighted by molar-refractivity contribution is 6.25. The molecule has 1 N–H and O–H groups in total. The van der Waals surface area contributed by atoms with Crippen molar-refractivity contribution in [3.05, 3.63) is 29.8 Å². The molecule has 1 atom stereocenters. The maximum atomic E-state index is 11.9. The number of amides is 1. The van der Waals surface area contributed by atoms with E-state index < -0.39 is 6.04 Å². The fraction of sp³-hybridized carbons (Fsp3) is 0.286. The molecule has 1 unspecified atom stereocenters. The molecule has 0 radical (unpaired) electrons. The van der Waals surface area contributed by atoms with E-state index in [0.717, 1.165) is 6.42 Å². The first-order chi connectivity index (χ1) is 9.79. The molecule has 0 aromatic heterocycles. The van der Waals surface area contributed by atoms with E-state index in [0.29, 0.717) is 29.6 Å². The van der Waals surface area contributed by atoms with Crippen LogP contribution in [-0.2, 0) is 4.79 Å². The van der Waals surface area contributed by atoms with Crippen LogP contribution in [0.5, 0.6) is 5.75 Å². The van der Waals surface area contributed by atoms with Crippen molar-refractivity contribution in [2.24, 2.45) is 15.0 Å². The van der Waals surface area contributed by atoms with E-state index in [2.05, 4.69) is 20.3 Å². The van der Waals surface area contributed by atoms with Gasteiger partial charge < -0.3 is 10.1 Å². The summed E-state index contributed by atoms with van der Waals surface area (Å²) in [6.45, 7) is 2.64.